The molecular formula is C40H65N. The van der Waals surface area contributed by atoms with Gasteiger partial charge in [-0.3, -0.25) is 0 Å². The molecule has 0 aliphatic heterocycles. The summed E-state index contributed by atoms with van der Waals surface area (Å²) in [4.78, 5) is 2.29. The molecule has 0 heterocycles. The average Bonchev–Trinajstić information content (AvgIpc) is 3.01. The molecule has 0 aromatic heterocycles. The Morgan fingerprint density at radius 1 is 0.390 bits per heavy atom. The van der Waals surface area contributed by atoms with Crippen LogP contribution >= 0.6 is 0 Å². The highest BCUT2D eigenvalue weighted by molar-refractivity contribution is 5.65. The quantitative estimate of drug-likeness (QED) is 0.0937. The molecule has 0 amide bonds. The van der Waals surface area contributed by atoms with E-state index in [9.17, 15) is 0 Å². The number of allylic oxidation sites excluding steroid dienone is 1. The molecule has 0 fully saturated rings. The van der Waals surface area contributed by atoms with Crippen LogP contribution in [-0.4, -0.2) is 0 Å². The molecule has 2 aromatic carbocycles. The minimum absolute atomic E-state index is 1.16. The zero-order valence-electron chi connectivity index (χ0n) is 27.1. The van der Waals surface area contributed by atoms with Crippen molar-refractivity contribution in [3.05, 3.63) is 72.9 Å². The van der Waals surface area contributed by atoms with Crippen molar-refractivity contribution in [1.29, 1.82) is 0 Å². The molecule has 0 atom stereocenters. The maximum absolute atomic E-state index is 2.35. The molecule has 2 aromatic rings. The Morgan fingerprint density at radius 3 is 1.00 bits per heavy atom. The van der Waals surface area contributed by atoms with Gasteiger partial charge < -0.3 is 4.90 Å². The van der Waals surface area contributed by atoms with Crippen LogP contribution in [0.5, 0.6) is 0 Å². The van der Waals surface area contributed by atoms with Crippen molar-refractivity contribution >= 4 is 11.4 Å². The van der Waals surface area contributed by atoms with Crippen molar-refractivity contribution in [2.24, 2.45) is 0 Å². The zero-order valence-corrected chi connectivity index (χ0v) is 27.1. The van der Waals surface area contributed by atoms with E-state index >= 15 is 0 Å². The molecule has 0 aliphatic rings. The van der Waals surface area contributed by atoms with Crippen molar-refractivity contribution < 1.29 is 0 Å². The Bertz CT molecular complexity index is 772. The molecule has 0 unspecified atom stereocenters. The van der Waals surface area contributed by atoms with Crippen molar-refractivity contribution in [3.8, 4) is 0 Å². The molecule has 1 heteroatoms. The largest absolute Gasteiger partial charge is 0.318 e. The van der Waals surface area contributed by atoms with E-state index in [-0.39, 0.29) is 0 Å². The predicted octanol–water partition coefficient (Wildman–Crippen LogP) is 14.1. The van der Waals surface area contributed by atoms with Crippen LogP contribution in [-0.2, 0) is 0 Å². The van der Waals surface area contributed by atoms with E-state index in [1.807, 2.05) is 0 Å². The SMILES string of the molecule is CCCCCCCCCCCCCCCCCCCCCCCCCCC=CN(c1ccccc1)c1ccccc1. The number of nitrogens with zero attached hydrogens (tertiary/aromatic N) is 1. The first kappa shape index (κ1) is 35.2. The molecule has 0 radical (unpaired) electrons. The molecule has 0 bridgehead atoms. The molecule has 0 aliphatic carbocycles. The summed E-state index contributed by atoms with van der Waals surface area (Å²) in [5.74, 6) is 0. The number of rotatable bonds is 28. The topological polar surface area (TPSA) is 3.24 Å². The Balaban J connectivity index is 1.31. The minimum atomic E-state index is 1.16. The molecule has 230 valence electrons. The zero-order chi connectivity index (χ0) is 28.9. The Kier molecular flexibility index (Phi) is 23.0. The predicted molar refractivity (Wildman–Crippen MR) is 185 cm³/mol. The molecule has 0 N–H and O–H groups in total. The number of hydrogen-bond donors (Lipinski definition) is 0. The maximum atomic E-state index is 2.35. The molecular weight excluding hydrogens is 494 g/mol. The Hall–Kier alpha value is -2.02. The summed E-state index contributed by atoms with van der Waals surface area (Å²) in [6, 6.07) is 21.3. The van der Waals surface area contributed by atoms with Crippen LogP contribution < -0.4 is 4.90 Å². The second-order valence-corrected chi connectivity index (χ2v) is 12.3. The van der Waals surface area contributed by atoms with Crippen LogP contribution in [0.25, 0.3) is 0 Å². The number of unbranched alkanes of at least 4 members (excludes halogenated alkanes) is 24. The fourth-order valence-corrected chi connectivity index (χ4v) is 5.90. The summed E-state index contributed by atoms with van der Waals surface area (Å²) in [5, 5.41) is 0. The number of anilines is 2. The van der Waals surface area contributed by atoms with Gasteiger partial charge in [-0.05, 0) is 37.1 Å². The van der Waals surface area contributed by atoms with Gasteiger partial charge >= 0.3 is 0 Å². The van der Waals surface area contributed by atoms with Gasteiger partial charge in [-0.2, -0.15) is 0 Å². The van der Waals surface area contributed by atoms with Gasteiger partial charge in [0.05, 0.1) is 0 Å². The van der Waals surface area contributed by atoms with Crippen molar-refractivity contribution in [3.63, 3.8) is 0 Å². The van der Waals surface area contributed by atoms with Crippen LogP contribution in [0.4, 0.5) is 11.4 Å². The first-order valence-electron chi connectivity index (χ1n) is 18.0. The third-order valence-electron chi connectivity index (χ3n) is 8.55. The van der Waals surface area contributed by atoms with E-state index in [1.165, 1.54) is 165 Å². The van der Waals surface area contributed by atoms with Crippen molar-refractivity contribution in [2.45, 2.75) is 167 Å². The summed E-state index contributed by atoms with van der Waals surface area (Å²) in [7, 11) is 0. The van der Waals surface area contributed by atoms with Crippen LogP contribution in [0, 0.1) is 0 Å². The van der Waals surface area contributed by atoms with Crippen molar-refractivity contribution in [2.75, 3.05) is 4.90 Å². The van der Waals surface area contributed by atoms with E-state index in [0.29, 0.717) is 0 Å². The molecule has 0 spiro atoms. The second-order valence-electron chi connectivity index (χ2n) is 12.3. The van der Waals surface area contributed by atoms with E-state index in [2.05, 4.69) is 84.8 Å². The van der Waals surface area contributed by atoms with Gasteiger partial charge in [0, 0.05) is 17.6 Å². The fourth-order valence-electron chi connectivity index (χ4n) is 5.90. The van der Waals surface area contributed by atoms with Crippen LogP contribution in [0.1, 0.15) is 167 Å². The Morgan fingerprint density at radius 2 is 0.683 bits per heavy atom. The molecule has 2 rings (SSSR count). The smallest absolute Gasteiger partial charge is 0.0455 e. The van der Waals surface area contributed by atoms with Gasteiger partial charge in [0.2, 0.25) is 0 Å². The molecule has 0 saturated heterocycles. The maximum Gasteiger partial charge on any atom is 0.0455 e. The lowest BCUT2D eigenvalue weighted by Crippen LogP contribution is -2.07. The highest BCUT2D eigenvalue weighted by Gasteiger charge is 2.04. The van der Waals surface area contributed by atoms with E-state index < -0.39 is 0 Å². The number of para-hydroxylation sites is 2. The van der Waals surface area contributed by atoms with Gasteiger partial charge in [-0.1, -0.05) is 197 Å². The normalized spacial score (nSPS) is 11.4. The molecule has 1 nitrogen and oxygen atoms in total. The van der Waals surface area contributed by atoms with Gasteiger partial charge in [0.25, 0.3) is 0 Å². The highest BCUT2D eigenvalue weighted by Crippen LogP contribution is 2.25. The van der Waals surface area contributed by atoms with Gasteiger partial charge in [0.15, 0.2) is 0 Å². The lowest BCUT2D eigenvalue weighted by molar-refractivity contribution is 0.517. The van der Waals surface area contributed by atoms with E-state index in [4.69, 9.17) is 0 Å². The van der Waals surface area contributed by atoms with Crippen LogP contribution in [0.3, 0.4) is 0 Å². The second kappa shape index (κ2) is 26.9. The number of benzene rings is 2. The third kappa shape index (κ3) is 19.7. The third-order valence-corrected chi connectivity index (χ3v) is 8.55. The van der Waals surface area contributed by atoms with E-state index in [1.54, 1.807) is 0 Å². The first-order chi connectivity index (χ1) is 20.4. The summed E-state index contributed by atoms with van der Waals surface area (Å²) in [6.45, 7) is 2.30. The lowest BCUT2D eigenvalue weighted by atomic mass is 10.0. The van der Waals surface area contributed by atoms with Crippen molar-refractivity contribution in [1.82, 2.24) is 0 Å². The summed E-state index contributed by atoms with van der Waals surface area (Å²) >= 11 is 0. The van der Waals surface area contributed by atoms with Gasteiger partial charge in [0.1, 0.15) is 0 Å². The fraction of sp³-hybridized carbons (Fsp3) is 0.650. The first-order valence-corrected chi connectivity index (χ1v) is 18.0. The monoisotopic (exact) mass is 560 g/mol. The summed E-state index contributed by atoms with van der Waals surface area (Å²) in [6.07, 6.45) is 40.5. The lowest BCUT2D eigenvalue weighted by Gasteiger charge is -2.20. The van der Waals surface area contributed by atoms with Crippen LogP contribution in [0.2, 0.25) is 0 Å². The highest BCUT2D eigenvalue weighted by atomic mass is 15.1. The standard InChI is InChI=1S/C40H65N/c1-2-3-4-5-6-7-8-9-10-11-12-13-14-15-16-17-18-19-20-21-22-23-24-25-26-33-38-41(39-34-29-27-30-35-39)40-36-31-28-32-37-40/h27-38H,2-26H2,1H3. The number of hydrogen-bond acceptors (Lipinski definition) is 1. The van der Waals surface area contributed by atoms with E-state index in [0.717, 1.165) is 6.42 Å². The molecule has 41 heavy (non-hydrogen) atoms. The summed E-state index contributed by atoms with van der Waals surface area (Å²) in [5.41, 5.74) is 2.43. The average molecular weight is 560 g/mol. The van der Waals surface area contributed by atoms with Gasteiger partial charge in [-0.25, -0.2) is 0 Å². The molecule has 0 saturated carbocycles. The summed E-state index contributed by atoms with van der Waals surface area (Å²) < 4.78 is 0. The Labute approximate surface area is 256 Å². The van der Waals surface area contributed by atoms with Gasteiger partial charge in [-0.15, -0.1) is 0 Å². The minimum Gasteiger partial charge on any atom is -0.318 e. The van der Waals surface area contributed by atoms with Crippen LogP contribution in [0.15, 0.2) is 72.9 Å².